The maximum Gasteiger partial charge on any atom is 0.317 e. The third-order valence-electron chi connectivity index (χ3n) is 6.19. The highest BCUT2D eigenvalue weighted by atomic mass is 16.5. The first-order chi connectivity index (χ1) is 15.5. The molecule has 0 bridgehead atoms. The molecule has 172 valence electrons. The predicted molar refractivity (Wildman–Crippen MR) is 128 cm³/mol. The lowest BCUT2D eigenvalue weighted by atomic mass is 10.1. The Kier molecular flexibility index (Phi) is 7.15. The number of ether oxygens (including phenoxy) is 1. The molecular weight excluding hydrogens is 402 g/mol. The fourth-order valence-corrected chi connectivity index (χ4v) is 4.62. The molecule has 0 saturated carbocycles. The highest BCUT2D eigenvalue weighted by Crippen LogP contribution is 2.25. The standard InChI is InChI=1S/C25H35N5O2/c1-19-16-30(17-20(2)32-19)24-11-10-21(14-26-24)15-27-25(31)28(3)18-22-8-4-5-9-23(22)29-12-6-7-13-29/h4-5,8-11,14,19-20H,6-7,12-13,15-18H2,1-3H3,(H,27,31). The number of amides is 2. The molecule has 3 heterocycles. The summed E-state index contributed by atoms with van der Waals surface area (Å²) >= 11 is 0. The first-order valence-corrected chi connectivity index (χ1v) is 11.7. The summed E-state index contributed by atoms with van der Waals surface area (Å²) in [6, 6.07) is 12.4. The number of morpholine rings is 1. The molecule has 1 N–H and O–H groups in total. The smallest absolute Gasteiger partial charge is 0.317 e. The van der Waals surface area contributed by atoms with Gasteiger partial charge in [-0.05, 0) is 49.9 Å². The van der Waals surface area contributed by atoms with Gasteiger partial charge in [0.15, 0.2) is 0 Å². The first kappa shape index (κ1) is 22.4. The summed E-state index contributed by atoms with van der Waals surface area (Å²) in [6.45, 7) is 9.10. The molecule has 0 aliphatic carbocycles. The lowest BCUT2D eigenvalue weighted by Gasteiger charge is -2.36. The third-order valence-corrected chi connectivity index (χ3v) is 6.19. The van der Waals surface area contributed by atoms with Crippen LogP contribution in [0.25, 0.3) is 0 Å². The van der Waals surface area contributed by atoms with Crippen LogP contribution in [0.15, 0.2) is 42.6 Å². The molecule has 32 heavy (non-hydrogen) atoms. The Balaban J connectivity index is 1.30. The van der Waals surface area contributed by atoms with Gasteiger partial charge in [-0.3, -0.25) is 0 Å². The summed E-state index contributed by atoms with van der Waals surface area (Å²) in [4.78, 5) is 23.7. The second kappa shape index (κ2) is 10.2. The highest BCUT2D eigenvalue weighted by molar-refractivity contribution is 5.74. The van der Waals surface area contributed by atoms with Crippen molar-refractivity contribution in [3.05, 3.63) is 53.7 Å². The van der Waals surface area contributed by atoms with Crippen LogP contribution in [0.5, 0.6) is 0 Å². The number of para-hydroxylation sites is 1. The topological polar surface area (TPSA) is 60.9 Å². The molecular formula is C25H35N5O2. The van der Waals surface area contributed by atoms with Gasteiger partial charge in [0.25, 0.3) is 0 Å². The van der Waals surface area contributed by atoms with E-state index in [0.717, 1.165) is 37.6 Å². The summed E-state index contributed by atoms with van der Waals surface area (Å²) in [5, 5.41) is 3.02. The Morgan fingerprint density at radius 3 is 2.50 bits per heavy atom. The van der Waals surface area contributed by atoms with Crippen molar-refractivity contribution in [2.75, 3.05) is 43.0 Å². The lowest BCUT2D eigenvalue weighted by Crippen LogP contribution is -2.45. The monoisotopic (exact) mass is 437 g/mol. The average Bonchev–Trinajstić information content (AvgIpc) is 3.32. The number of nitrogens with one attached hydrogen (secondary N) is 1. The molecule has 2 aliphatic heterocycles. The number of carbonyl (C=O) groups is 1. The van der Waals surface area contributed by atoms with E-state index in [1.165, 1.54) is 24.1 Å². The van der Waals surface area contributed by atoms with Gasteiger partial charge >= 0.3 is 6.03 Å². The van der Waals surface area contributed by atoms with Crippen LogP contribution in [0, 0.1) is 0 Å². The van der Waals surface area contributed by atoms with Crippen LogP contribution < -0.4 is 15.1 Å². The van der Waals surface area contributed by atoms with E-state index in [9.17, 15) is 4.79 Å². The van der Waals surface area contributed by atoms with E-state index in [-0.39, 0.29) is 18.2 Å². The van der Waals surface area contributed by atoms with Crippen LogP contribution in [-0.2, 0) is 17.8 Å². The Morgan fingerprint density at radius 1 is 1.09 bits per heavy atom. The minimum atomic E-state index is -0.0823. The lowest BCUT2D eigenvalue weighted by molar-refractivity contribution is -0.00546. The summed E-state index contributed by atoms with van der Waals surface area (Å²) in [7, 11) is 1.85. The van der Waals surface area contributed by atoms with Crippen LogP contribution >= 0.6 is 0 Å². The molecule has 4 rings (SSSR count). The van der Waals surface area contributed by atoms with Crippen molar-refractivity contribution in [2.45, 2.75) is 52.0 Å². The van der Waals surface area contributed by atoms with E-state index >= 15 is 0 Å². The second-order valence-corrected chi connectivity index (χ2v) is 9.02. The molecule has 1 aromatic heterocycles. The summed E-state index contributed by atoms with van der Waals surface area (Å²) in [5.41, 5.74) is 3.42. The fraction of sp³-hybridized carbons (Fsp3) is 0.520. The Hall–Kier alpha value is -2.80. The maximum absolute atomic E-state index is 12.7. The molecule has 2 unspecified atom stereocenters. The Bertz CT molecular complexity index is 887. The minimum absolute atomic E-state index is 0.0823. The van der Waals surface area contributed by atoms with Crippen molar-refractivity contribution in [1.82, 2.24) is 15.2 Å². The summed E-state index contributed by atoms with van der Waals surface area (Å²) in [5.74, 6) is 0.956. The summed E-state index contributed by atoms with van der Waals surface area (Å²) < 4.78 is 5.80. The van der Waals surface area contributed by atoms with Gasteiger partial charge in [0, 0.05) is 58.2 Å². The normalized spacial score (nSPS) is 21.0. The molecule has 2 fully saturated rings. The molecule has 0 radical (unpaired) electrons. The zero-order valence-corrected chi connectivity index (χ0v) is 19.5. The Labute approximate surface area is 191 Å². The van der Waals surface area contributed by atoms with Gasteiger partial charge in [-0.25, -0.2) is 9.78 Å². The third kappa shape index (κ3) is 5.51. The fourth-order valence-electron chi connectivity index (χ4n) is 4.62. The number of pyridine rings is 1. The maximum atomic E-state index is 12.7. The van der Waals surface area contributed by atoms with E-state index in [2.05, 4.69) is 52.1 Å². The number of urea groups is 1. The molecule has 2 saturated heterocycles. The van der Waals surface area contributed by atoms with Crippen molar-refractivity contribution < 1.29 is 9.53 Å². The van der Waals surface area contributed by atoms with E-state index in [0.29, 0.717) is 13.1 Å². The van der Waals surface area contributed by atoms with Crippen molar-refractivity contribution in [3.63, 3.8) is 0 Å². The molecule has 2 amide bonds. The van der Waals surface area contributed by atoms with Gasteiger partial charge in [-0.15, -0.1) is 0 Å². The molecule has 1 aromatic carbocycles. The zero-order chi connectivity index (χ0) is 22.5. The first-order valence-electron chi connectivity index (χ1n) is 11.7. The second-order valence-electron chi connectivity index (χ2n) is 9.02. The molecule has 2 aromatic rings. The zero-order valence-electron chi connectivity index (χ0n) is 19.5. The predicted octanol–water partition coefficient (Wildman–Crippen LogP) is 3.64. The Morgan fingerprint density at radius 2 is 1.81 bits per heavy atom. The van der Waals surface area contributed by atoms with Gasteiger partial charge in [0.1, 0.15) is 5.82 Å². The van der Waals surface area contributed by atoms with Crippen LogP contribution in [-0.4, -0.2) is 61.3 Å². The van der Waals surface area contributed by atoms with Crippen LogP contribution in [0.3, 0.4) is 0 Å². The van der Waals surface area contributed by atoms with Gasteiger partial charge < -0.3 is 24.8 Å². The quantitative estimate of drug-likeness (QED) is 0.748. The number of aromatic nitrogens is 1. The largest absolute Gasteiger partial charge is 0.372 e. The number of hydrogen-bond donors (Lipinski definition) is 1. The van der Waals surface area contributed by atoms with Gasteiger partial charge in [0.2, 0.25) is 0 Å². The van der Waals surface area contributed by atoms with E-state index in [1.807, 2.05) is 31.4 Å². The minimum Gasteiger partial charge on any atom is -0.372 e. The van der Waals surface area contributed by atoms with Crippen LogP contribution in [0.2, 0.25) is 0 Å². The van der Waals surface area contributed by atoms with Crippen molar-refractivity contribution in [2.24, 2.45) is 0 Å². The number of benzene rings is 1. The summed E-state index contributed by atoms with van der Waals surface area (Å²) in [6.07, 6.45) is 4.72. The molecule has 2 aliphatic rings. The highest BCUT2D eigenvalue weighted by Gasteiger charge is 2.23. The van der Waals surface area contributed by atoms with Crippen molar-refractivity contribution in [3.8, 4) is 0 Å². The van der Waals surface area contributed by atoms with E-state index in [1.54, 1.807) is 4.90 Å². The van der Waals surface area contributed by atoms with Gasteiger partial charge in [0.05, 0.1) is 12.2 Å². The van der Waals surface area contributed by atoms with Crippen molar-refractivity contribution >= 4 is 17.5 Å². The molecule has 7 nitrogen and oxygen atoms in total. The number of carbonyl (C=O) groups excluding carboxylic acids is 1. The molecule has 0 spiro atoms. The number of anilines is 2. The molecule has 2 atom stereocenters. The van der Waals surface area contributed by atoms with E-state index in [4.69, 9.17) is 4.74 Å². The number of hydrogen-bond acceptors (Lipinski definition) is 5. The number of nitrogens with zero attached hydrogens (tertiary/aromatic N) is 4. The number of rotatable bonds is 6. The van der Waals surface area contributed by atoms with E-state index < -0.39 is 0 Å². The molecule has 7 heteroatoms. The average molecular weight is 438 g/mol. The SMILES string of the molecule is CC1CN(c2ccc(CNC(=O)N(C)Cc3ccccc3N3CCCC3)cn2)CC(C)O1. The van der Waals surface area contributed by atoms with Crippen LogP contribution in [0.4, 0.5) is 16.3 Å². The van der Waals surface area contributed by atoms with Crippen LogP contribution in [0.1, 0.15) is 37.8 Å². The van der Waals surface area contributed by atoms with Gasteiger partial charge in [-0.2, -0.15) is 0 Å². The van der Waals surface area contributed by atoms with Gasteiger partial charge in [-0.1, -0.05) is 24.3 Å². The van der Waals surface area contributed by atoms with Crippen molar-refractivity contribution in [1.29, 1.82) is 0 Å².